The topological polar surface area (TPSA) is 76.7 Å². The normalized spacial score (nSPS) is 16.1. The maximum atomic E-state index is 12.8. The fraction of sp³-hybridized carbons (Fsp3) is 0.190. The molecule has 0 saturated carbocycles. The number of hydrogen-bond donors (Lipinski definition) is 2. The van der Waals surface area contributed by atoms with Crippen molar-refractivity contribution in [2.45, 2.75) is 13.0 Å². The summed E-state index contributed by atoms with van der Waals surface area (Å²) in [7, 11) is 1.33. The molecule has 6 nitrogen and oxygen atoms in total. The number of carbonyl (C=O) groups excluding carboxylic acids is 2. The van der Waals surface area contributed by atoms with Crippen molar-refractivity contribution in [1.29, 1.82) is 0 Å². The Bertz CT molecular complexity index is 923. The van der Waals surface area contributed by atoms with Crippen LogP contribution in [0.4, 0.5) is 0 Å². The van der Waals surface area contributed by atoms with E-state index >= 15 is 0 Å². The van der Waals surface area contributed by atoms with Crippen LogP contribution in [0.1, 0.15) is 34.5 Å². The molecular weight excluding hydrogens is 376 g/mol. The first kappa shape index (κ1) is 19.6. The van der Waals surface area contributed by atoms with Gasteiger partial charge in [-0.25, -0.2) is 9.59 Å². The third kappa shape index (κ3) is 4.04. The van der Waals surface area contributed by atoms with Crippen LogP contribution in [0.15, 0.2) is 60.2 Å². The van der Waals surface area contributed by atoms with E-state index in [1.165, 1.54) is 7.11 Å². The number of esters is 2. The van der Waals surface area contributed by atoms with Crippen LogP contribution in [-0.4, -0.2) is 30.8 Å². The Balaban J connectivity index is 2.10. The summed E-state index contributed by atoms with van der Waals surface area (Å²) >= 11 is 5.37. The molecule has 3 rings (SSSR count). The monoisotopic (exact) mass is 396 g/mol. The molecule has 0 aromatic heterocycles. The van der Waals surface area contributed by atoms with E-state index < -0.39 is 18.0 Å². The van der Waals surface area contributed by atoms with Crippen molar-refractivity contribution >= 4 is 35.0 Å². The maximum Gasteiger partial charge on any atom is 0.338 e. The Labute approximate surface area is 168 Å². The minimum atomic E-state index is -0.519. The molecule has 2 N–H and O–H groups in total. The number of thiocarbonyl (C=S) groups is 1. The third-order valence-corrected chi connectivity index (χ3v) is 4.51. The molecule has 0 radical (unpaired) electrons. The van der Waals surface area contributed by atoms with Gasteiger partial charge in [-0.1, -0.05) is 42.5 Å². The molecule has 0 saturated heterocycles. The summed E-state index contributed by atoms with van der Waals surface area (Å²) in [6.07, 6.45) is 0. The van der Waals surface area contributed by atoms with Crippen LogP contribution in [0.3, 0.4) is 0 Å². The molecule has 0 amide bonds. The van der Waals surface area contributed by atoms with Crippen molar-refractivity contribution in [3.05, 3.63) is 76.9 Å². The zero-order chi connectivity index (χ0) is 20.1. The molecule has 28 heavy (non-hydrogen) atoms. The van der Waals surface area contributed by atoms with Crippen molar-refractivity contribution in [3.8, 4) is 0 Å². The van der Waals surface area contributed by atoms with Crippen molar-refractivity contribution in [2.75, 3.05) is 13.7 Å². The van der Waals surface area contributed by atoms with E-state index in [1.807, 2.05) is 30.3 Å². The van der Waals surface area contributed by atoms with E-state index in [-0.39, 0.29) is 6.61 Å². The summed E-state index contributed by atoms with van der Waals surface area (Å²) in [4.78, 5) is 24.5. The van der Waals surface area contributed by atoms with Gasteiger partial charge in [0.15, 0.2) is 5.11 Å². The van der Waals surface area contributed by atoms with E-state index in [2.05, 4.69) is 10.6 Å². The lowest BCUT2D eigenvalue weighted by Crippen LogP contribution is -2.45. The van der Waals surface area contributed by atoms with Crippen molar-refractivity contribution in [1.82, 2.24) is 10.6 Å². The second-order valence-electron chi connectivity index (χ2n) is 6.02. The summed E-state index contributed by atoms with van der Waals surface area (Å²) in [6.45, 7) is 2.01. The minimum Gasteiger partial charge on any atom is -0.465 e. The second kappa shape index (κ2) is 8.67. The van der Waals surface area contributed by atoms with Gasteiger partial charge in [0.05, 0.1) is 36.6 Å². The van der Waals surface area contributed by atoms with E-state index in [1.54, 1.807) is 31.2 Å². The Kier molecular flexibility index (Phi) is 6.06. The highest BCUT2D eigenvalue weighted by Gasteiger charge is 2.33. The summed E-state index contributed by atoms with van der Waals surface area (Å²) in [5.74, 6) is -0.864. The van der Waals surface area contributed by atoms with Gasteiger partial charge >= 0.3 is 11.9 Å². The Morgan fingerprint density at radius 3 is 2.32 bits per heavy atom. The number of nitrogens with one attached hydrogen (secondary N) is 2. The maximum absolute atomic E-state index is 12.8. The van der Waals surface area contributed by atoms with Gasteiger partial charge in [0, 0.05) is 0 Å². The summed E-state index contributed by atoms with van der Waals surface area (Å²) in [5, 5.41) is 6.61. The molecule has 0 spiro atoms. The molecule has 7 heteroatoms. The van der Waals surface area contributed by atoms with Crippen molar-refractivity contribution in [2.24, 2.45) is 0 Å². The summed E-state index contributed by atoms with van der Waals surface area (Å²) in [6, 6.07) is 15.8. The Morgan fingerprint density at radius 2 is 1.71 bits per heavy atom. The molecule has 1 aliphatic heterocycles. The van der Waals surface area contributed by atoms with Crippen LogP contribution >= 0.6 is 12.2 Å². The fourth-order valence-electron chi connectivity index (χ4n) is 3.01. The zero-order valence-electron chi connectivity index (χ0n) is 15.5. The standard InChI is InChI=1S/C21H20N2O4S/c1-3-27-20(25)16-17(13-7-5-4-6-8-13)22-21(28)23-18(16)14-9-11-15(12-10-14)19(24)26-2/h4-12,18H,3H2,1-2H3,(H2,22,23,28). The molecule has 1 heterocycles. The average Bonchev–Trinajstić information content (AvgIpc) is 2.73. The molecule has 1 atom stereocenters. The molecule has 0 fully saturated rings. The Hall–Kier alpha value is -3.19. The first-order chi connectivity index (χ1) is 13.5. The first-order valence-corrected chi connectivity index (χ1v) is 9.18. The molecule has 2 aromatic rings. The number of carbonyl (C=O) groups is 2. The number of benzene rings is 2. The van der Waals surface area contributed by atoms with Crippen LogP contribution in [0, 0.1) is 0 Å². The average molecular weight is 396 g/mol. The van der Waals surface area contributed by atoms with E-state index in [0.29, 0.717) is 21.9 Å². The van der Waals surface area contributed by atoms with Gasteiger partial charge in [0.25, 0.3) is 0 Å². The van der Waals surface area contributed by atoms with Gasteiger partial charge in [0.2, 0.25) is 0 Å². The summed E-state index contributed by atoms with van der Waals surface area (Å²) in [5.41, 5.74) is 3.04. The molecule has 2 aromatic carbocycles. The van der Waals surface area contributed by atoms with E-state index in [0.717, 1.165) is 11.1 Å². The lowest BCUT2D eigenvalue weighted by molar-refractivity contribution is -0.138. The minimum absolute atomic E-state index is 0.253. The number of hydrogen-bond acceptors (Lipinski definition) is 5. The molecule has 1 unspecified atom stereocenters. The highest BCUT2D eigenvalue weighted by molar-refractivity contribution is 7.80. The van der Waals surface area contributed by atoms with E-state index in [4.69, 9.17) is 21.7 Å². The van der Waals surface area contributed by atoms with Gasteiger partial charge in [-0.05, 0) is 42.4 Å². The lowest BCUT2D eigenvalue weighted by atomic mass is 9.92. The molecule has 0 aliphatic carbocycles. The SMILES string of the molecule is CCOC(=O)C1=C(c2ccccc2)NC(=S)NC1c1ccc(C(=O)OC)cc1. The Morgan fingerprint density at radius 1 is 1.04 bits per heavy atom. The fourth-order valence-corrected chi connectivity index (χ4v) is 3.23. The number of rotatable bonds is 5. The van der Waals surface area contributed by atoms with Gasteiger partial charge in [0.1, 0.15) is 0 Å². The van der Waals surface area contributed by atoms with Gasteiger partial charge in [-0.2, -0.15) is 0 Å². The van der Waals surface area contributed by atoms with Crippen molar-refractivity contribution < 1.29 is 19.1 Å². The largest absolute Gasteiger partial charge is 0.465 e. The van der Waals surface area contributed by atoms with Crippen LogP contribution < -0.4 is 10.6 Å². The van der Waals surface area contributed by atoms with Crippen LogP contribution in [-0.2, 0) is 14.3 Å². The smallest absolute Gasteiger partial charge is 0.338 e. The van der Waals surface area contributed by atoms with Gasteiger partial charge < -0.3 is 20.1 Å². The first-order valence-electron chi connectivity index (χ1n) is 8.77. The zero-order valence-corrected chi connectivity index (χ0v) is 16.3. The lowest BCUT2D eigenvalue weighted by Gasteiger charge is -2.31. The molecule has 144 valence electrons. The van der Waals surface area contributed by atoms with Gasteiger partial charge in [-0.3, -0.25) is 0 Å². The highest BCUT2D eigenvalue weighted by Crippen LogP contribution is 2.32. The third-order valence-electron chi connectivity index (χ3n) is 4.29. The number of methoxy groups -OCH3 is 1. The van der Waals surface area contributed by atoms with Crippen LogP contribution in [0.2, 0.25) is 0 Å². The number of ether oxygens (including phenoxy) is 2. The van der Waals surface area contributed by atoms with Crippen LogP contribution in [0.25, 0.3) is 5.70 Å². The second-order valence-corrected chi connectivity index (χ2v) is 6.43. The molecular formula is C21H20N2O4S. The summed E-state index contributed by atoms with van der Waals surface area (Å²) < 4.78 is 10.0. The highest BCUT2D eigenvalue weighted by atomic mass is 32.1. The van der Waals surface area contributed by atoms with Crippen LogP contribution in [0.5, 0.6) is 0 Å². The van der Waals surface area contributed by atoms with Crippen molar-refractivity contribution in [3.63, 3.8) is 0 Å². The van der Waals surface area contributed by atoms with Gasteiger partial charge in [-0.15, -0.1) is 0 Å². The van der Waals surface area contributed by atoms with E-state index in [9.17, 15) is 9.59 Å². The molecule has 0 bridgehead atoms. The predicted octanol–water partition coefficient (Wildman–Crippen LogP) is 2.97. The molecule has 1 aliphatic rings. The quantitative estimate of drug-likeness (QED) is 0.594. The predicted molar refractivity (Wildman–Crippen MR) is 109 cm³/mol.